The number of ether oxygens (including phenoxy) is 1. The van der Waals surface area contributed by atoms with Crippen molar-refractivity contribution in [1.82, 2.24) is 4.72 Å². The molecular formula is C3H5NO6S. The summed E-state index contributed by atoms with van der Waals surface area (Å²) >= 11 is 0. The van der Waals surface area contributed by atoms with Crippen LogP contribution in [0, 0.1) is 0 Å². The molecule has 1 amide bonds. The molecule has 0 aliphatic carbocycles. The number of rotatable bonds is 1. The fourth-order valence-corrected chi connectivity index (χ4v) is 0.569. The van der Waals surface area contributed by atoms with Gasteiger partial charge in [-0.3, -0.25) is 9.35 Å². The van der Waals surface area contributed by atoms with Crippen molar-refractivity contribution < 1.29 is 27.3 Å². The number of hydrogen-bond acceptors (Lipinski definition) is 5. The van der Waals surface area contributed by atoms with Crippen molar-refractivity contribution >= 4 is 22.2 Å². The van der Waals surface area contributed by atoms with Crippen molar-refractivity contribution in [2.45, 2.75) is 0 Å². The molecule has 8 heteroatoms. The van der Waals surface area contributed by atoms with Gasteiger partial charge in [-0.05, 0) is 0 Å². The van der Waals surface area contributed by atoms with Crippen LogP contribution in [-0.4, -0.2) is 32.0 Å². The Balaban J connectivity index is 4.22. The molecule has 0 heterocycles. The van der Waals surface area contributed by atoms with Gasteiger partial charge in [0.1, 0.15) is 0 Å². The molecular weight excluding hydrogens is 178 g/mol. The van der Waals surface area contributed by atoms with Gasteiger partial charge in [0.05, 0.1) is 7.11 Å². The quantitative estimate of drug-likeness (QED) is 0.278. The van der Waals surface area contributed by atoms with Gasteiger partial charge >= 0.3 is 22.2 Å². The first-order valence-corrected chi connectivity index (χ1v) is 3.68. The highest BCUT2D eigenvalue weighted by molar-refractivity contribution is 7.84. The van der Waals surface area contributed by atoms with Gasteiger partial charge in [0, 0.05) is 0 Å². The SMILES string of the molecule is COC(=O)C(=O)NS(=O)(=O)O. The van der Waals surface area contributed by atoms with Crippen LogP contribution in [0.1, 0.15) is 0 Å². The van der Waals surface area contributed by atoms with Gasteiger partial charge in [0.2, 0.25) is 0 Å². The van der Waals surface area contributed by atoms with Crippen LogP contribution in [-0.2, 0) is 24.6 Å². The smallest absolute Gasteiger partial charge is 0.397 e. The molecule has 0 bridgehead atoms. The Morgan fingerprint density at radius 3 is 2.18 bits per heavy atom. The third kappa shape index (κ3) is 4.28. The van der Waals surface area contributed by atoms with Gasteiger partial charge in [0.25, 0.3) is 0 Å². The van der Waals surface area contributed by atoms with E-state index in [1.165, 1.54) is 0 Å². The molecule has 0 rings (SSSR count). The summed E-state index contributed by atoms with van der Waals surface area (Å²) in [7, 11) is -3.78. The predicted molar refractivity (Wildman–Crippen MR) is 31.7 cm³/mol. The fraction of sp³-hybridized carbons (Fsp3) is 0.333. The molecule has 0 saturated heterocycles. The molecule has 0 saturated carbocycles. The molecule has 0 atom stereocenters. The molecule has 11 heavy (non-hydrogen) atoms. The maximum absolute atomic E-state index is 10.3. The zero-order valence-electron chi connectivity index (χ0n) is 5.40. The molecule has 0 aromatic rings. The Kier molecular flexibility index (Phi) is 2.96. The molecule has 7 nitrogen and oxygen atoms in total. The standard InChI is InChI=1S/C3H5NO6S/c1-10-3(6)2(5)4-11(7,8)9/h1H3,(H,4,5)(H,7,8,9). The summed E-state index contributed by atoms with van der Waals surface area (Å²) in [6.07, 6.45) is 0. The zero-order chi connectivity index (χ0) is 9.07. The van der Waals surface area contributed by atoms with Crippen LogP contribution < -0.4 is 4.72 Å². The second-order valence-corrected chi connectivity index (χ2v) is 2.55. The predicted octanol–water partition coefficient (Wildman–Crippen LogP) is -1.92. The van der Waals surface area contributed by atoms with Gasteiger partial charge in [0.15, 0.2) is 0 Å². The monoisotopic (exact) mass is 183 g/mol. The van der Waals surface area contributed by atoms with E-state index in [9.17, 15) is 18.0 Å². The van der Waals surface area contributed by atoms with Crippen LogP contribution in [0.3, 0.4) is 0 Å². The molecule has 0 unspecified atom stereocenters. The van der Waals surface area contributed by atoms with E-state index in [1.807, 2.05) is 0 Å². The average molecular weight is 183 g/mol. The fourth-order valence-electron chi connectivity index (χ4n) is 0.252. The minimum atomic E-state index is -4.68. The first-order valence-electron chi connectivity index (χ1n) is 2.24. The Morgan fingerprint density at radius 1 is 1.45 bits per heavy atom. The number of amides is 1. The minimum absolute atomic E-state index is 0.895. The minimum Gasteiger partial charge on any atom is -0.462 e. The lowest BCUT2D eigenvalue weighted by molar-refractivity contribution is -0.151. The van der Waals surface area contributed by atoms with Crippen LogP contribution >= 0.6 is 0 Å². The molecule has 2 N–H and O–H groups in total. The third-order valence-electron chi connectivity index (χ3n) is 0.592. The lowest BCUT2D eigenvalue weighted by Crippen LogP contribution is -2.36. The van der Waals surface area contributed by atoms with E-state index in [1.54, 1.807) is 0 Å². The Morgan fingerprint density at radius 2 is 1.91 bits per heavy atom. The average Bonchev–Trinajstić information content (AvgIpc) is 1.82. The topological polar surface area (TPSA) is 110 Å². The highest BCUT2D eigenvalue weighted by Crippen LogP contribution is 1.77. The van der Waals surface area contributed by atoms with Gasteiger partial charge < -0.3 is 4.74 Å². The summed E-state index contributed by atoms with van der Waals surface area (Å²) in [6.45, 7) is 0. The zero-order valence-corrected chi connectivity index (χ0v) is 6.21. The summed E-state index contributed by atoms with van der Waals surface area (Å²) in [6, 6.07) is 0. The molecule has 0 fully saturated rings. The Labute approximate surface area is 62.2 Å². The van der Waals surface area contributed by atoms with E-state index in [-0.39, 0.29) is 0 Å². The van der Waals surface area contributed by atoms with Gasteiger partial charge in [-0.25, -0.2) is 9.52 Å². The summed E-state index contributed by atoms with van der Waals surface area (Å²) in [5, 5.41) is 0. The summed E-state index contributed by atoms with van der Waals surface area (Å²) in [4.78, 5) is 20.4. The summed E-state index contributed by atoms with van der Waals surface area (Å²) < 4.78 is 32.5. The van der Waals surface area contributed by atoms with Crippen LogP contribution in [0.25, 0.3) is 0 Å². The van der Waals surface area contributed by atoms with Crippen molar-refractivity contribution in [3.05, 3.63) is 0 Å². The Hall–Kier alpha value is -1.15. The first-order chi connectivity index (χ1) is 4.87. The highest BCUT2D eigenvalue weighted by atomic mass is 32.2. The molecule has 0 spiro atoms. The lowest BCUT2D eigenvalue weighted by atomic mass is 10.7. The number of nitrogens with one attached hydrogen (secondary N) is 1. The Bertz CT molecular complexity index is 266. The van der Waals surface area contributed by atoms with Crippen molar-refractivity contribution in [3.63, 3.8) is 0 Å². The van der Waals surface area contributed by atoms with Crippen molar-refractivity contribution in [2.24, 2.45) is 0 Å². The van der Waals surface area contributed by atoms with Crippen molar-refractivity contribution in [2.75, 3.05) is 7.11 Å². The van der Waals surface area contributed by atoms with Gasteiger partial charge in [-0.1, -0.05) is 0 Å². The molecule has 64 valence electrons. The van der Waals surface area contributed by atoms with Crippen molar-refractivity contribution in [1.29, 1.82) is 0 Å². The molecule has 0 radical (unpaired) electrons. The summed E-state index contributed by atoms with van der Waals surface area (Å²) in [5.74, 6) is -2.95. The molecule has 0 aromatic heterocycles. The number of carbonyl (C=O) groups is 2. The lowest BCUT2D eigenvalue weighted by Gasteiger charge is -1.97. The summed E-state index contributed by atoms with van der Waals surface area (Å²) in [5.41, 5.74) is 0. The van der Waals surface area contributed by atoms with Crippen LogP contribution in [0.4, 0.5) is 0 Å². The number of hydrogen-bond donors (Lipinski definition) is 2. The molecule has 0 aliphatic heterocycles. The van der Waals surface area contributed by atoms with E-state index in [0.29, 0.717) is 0 Å². The largest absolute Gasteiger partial charge is 0.462 e. The van der Waals surface area contributed by atoms with E-state index in [0.717, 1.165) is 11.8 Å². The van der Waals surface area contributed by atoms with Crippen molar-refractivity contribution in [3.8, 4) is 0 Å². The number of methoxy groups -OCH3 is 1. The third-order valence-corrected chi connectivity index (χ3v) is 1.04. The second-order valence-electron chi connectivity index (χ2n) is 1.40. The van der Waals surface area contributed by atoms with Gasteiger partial charge in [-0.15, -0.1) is 0 Å². The maximum atomic E-state index is 10.3. The van der Waals surface area contributed by atoms with E-state index >= 15 is 0 Å². The van der Waals surface area contributed by atoms with E-state index in [4.69, 9.17) is 4.55 Å². The second kappa shape index (κ2) is 3.30. The first kappa shape index (κ1) is 9.85. The van der Waals surface area contributed by atoms with Crippen LogP contribution in [0.5, 0.6) is 0 Å². The number of carbonyl (C=O) groups excluding carboxylic acids is 2. The molecule has 0 aliphatic rings. The van der Waals surface area contributed by atoms with Gasteiger partial charge in [-0.2, -0.15) is 8.42 Å². The maximum Gasteiger partial charge on any atom is 0.397 e. The number of esters is 1. The van der Waals surface area contributed by atoms with Crippen LogP contribution in [0.2, 0.25) is 0 Å². The normalized spacial score (nSPS) is 10.4. The van der Waals surface area contributed by atoms with E-state index in [2.05, 4.69) is 4.74 Å². The molecule has 0 aromatic carbocycles. The van der Waals surface area contributed by atoms with E-state index < -0.39 is 22.2 Å². The van der Waals surface area contributed by atoms with Crippen LogP contribution in [0.15, 0.2) is 0 Å². The highest BCUT2D eigenvalue weighted by Gasteiger charge is 2.18.